The maximum atomic E-state index is 17.5. The average molecular weight is 1760 g/mol. The van der Waals surface area contributed by atoms with Crippen LogP contribution in [0.4, 0.5) is 17.6 Å². The van der Waals surface area contributed by atoms with Crippen LogP contribution in [0.2, 0.25) is 0 Å². The van der Waals surface area contributed by atoms with Gasteiger partial charge < -0.3 is 40.9 Å². The Morgan fingerprint density at radius 3 is 1.17 bits per heavy atom. The number of fused-ring (bicyclic) bond motifs is 22. The quantitative estimate of drug-likeness (QED) is 0.0811. The van der Waals surface area contributed by atoms with Gasteiger partial charge in [-0.05, 0) is 239 Å². The second-order valence-electron chi connectivity index (χ2n) is 42.2. The summed E-state index contributed by atoms with van der Waals surface area (Å²) in [6.07, 6.45) is 23.7. The third-order valence-corrected chi connectivity index (χ3v) is 39.0. The highest BCUT2D eigenvalue weighted by molar-refractivity contribution is 6.30. The molecular weight excluding hydrogens is 1630 g/mol. The molecule has 0 spiro atoms. The molecule has 32 atom stereocenters. The Bertz CT molecular complexity index is 4830. The van der Waals surface area contributed by atoms with Gasteiger partial charge in [-0.2, -0.15) is 10.2 Å². The van der Waals surface area contributed by atoms with Gasteiger partial charge in [-0.15, -0.1) is 46.4 Å². The van der Waals surface area contributed by atoms with Gasteiger partial charge in [0, 0.05) is 86.3 Å². The Kier molecular flexibility index (Phi) is 22.7. The SMILES string of the molecule is C/C=C1\C=C[C@@]2(C)C(=C1)CC[C@H]1[C@@H]3C[C@H](C)[C@](O)(C(=O)CCl)[C@@]3(C)C[C@H](O)[C@@]12F.CCn1cc2c(n1)C=C1CC[C@H]3[C@@H]4C[C@H](C)[C@](O)(C(=O)CCl)[C@@]4(C)C[C@H](O)[C@]3(F)[C@@]1(C)C2.CCn1ncc2c1C=C1CC[C@H]3[C@@H]4C[C@H](C)[C@](O)(C(=O)CCl)[C@@]4(C)C[C@H](O)[C@]3(F)[C@@]1(C)C2.C[C@H]1C[C@H]2[C@@H]3CCC4=CC(=O)C=C[C@]4(C)[C@@]3(F)[C@@H](O)C[C@]2(C)[C@@]1(O)C(=O)CCl. The maximum absolute atomic E-state index is 17.5. The highest BCUT2D eigenvalue weighted by atomic mass is 35.5. The van der Waals surface area contributed by atoms with Gasteiger partial charge in [-0.3, -0.25) is 33.3 Å². The number of carbonyl (C=O) groups excluding carboxylic acids is 5. The van der Waals surface area contributed by atoms with Gasteiger partial charge in [0.15, 0.2) is 40.3 Å². The number of carbonyl (C=O) groups is 5. The molecule has 0 amide bonds. The molecule has 25 heteroatoms. The Morgan fingerprint density at radius 2 is 0.810 bits per heavy atom. The van der Waals surface area contributed by atoms with E-state index in [9.17, 15) is 64.8 Å². The lowest BCUT2D eigenvalue weighted by atomic mass is 9.43. The van der Waals surface area contributed by atoms with Crippen LogP contribution in [0.5, 0.6) is 0 Å². The zero-order valence-electron chi connectivity index (χ0n) is 73.0. The van der Waals surface area contributed by atoms with Crippen molar-refractivity contribution in [2.45, 2.75) is 302 Å². The average Bonchev–Trinajstić information content (AvgIpc) is 1.57. The first-order valence-electron chi connectivity index (χ1n) is 44.7. The van der Waals surface area contributed by atoms with Crippen molar-refractivity contribution in [3.8, 4) is 0 Å². The van der Waals surface area contributed by atoms with Crippen LogP contribution in [0.15, 0.2) is 82.8 Å². The Balaban J connectivity index is 0.000000126. The molecule has 121 heavy (non-hydrogen) atoms. The molecule has 8 N–H and O–H groups in total. The maximum Gasteiger partial charge on any atom is 0.179 e. The number of aryl methyl sites for hydroxylation is 2. The highest BCUT2D eigenvalue weighted by Gasteiger charge is 2.81. The third-order valence-electron chi connectivity index (χ3n) is 38.0. The van der Waals surface area contributed by atoms with E-state index in [-0.39, 0.29) is 102 Å². The van der Waals surface area contributed by atoms with Crippen molar-refractivity contribution in [3.05, 3.63) is 105 Å². The molecule has 0 aromatic carbocycles. The molecule has 2 heterocycles. The third kappa shape index (κ3) is 11.5. The first-order valence-corrected chi connectivity index (χ1v) is 46.8. The van der Waals surface area contributed by atoms with Crippen molar-refractivity contribution in [2.24, 2.45) is 114 Å². The molecule has 17 nitrogen and oxygen atoms in total. The van der Waals surface area contributed by atoms with Gasteiger partial charge in [0.25, 0.3) is 0 Å². The summed E-state index contributed by atoms with van der Waals surface area (Å²) in [7, 11) is 0. The van der Waals surface area contributed by atoms with E-state index in [0.717, 1.165) is 82.7 Å². The molecule has 0 bridgehead atoms. The molecule has 0 radical (unpaired) electrons. The molecule has 16 aliphatic carbocycles. The van der Waals surface area contributed by atoms with Crippen molar-refractivity contribution in [2.75, 3.05) is 23.5 Å². The lowest BCUT2D eigenvalue weighted by Gasteiger charge is -2.63. The Hall–Kier alpha value is -4.49. The molecule has 2 aromatic heterocycles. The Morgan fingerprint density at radius 1 is 0.471 bits per heavy atom. The summed E-state index contributed by atoms with van der Waals surface area (Å²) in [5, 5.41) is 101. The lowest BCUT2D eigenvalue weighted by molar-refractivity contribution is -0.225. The fourth-order valence-electron chi connectivity index (χ4n) is 31.4. The van der Waals surface area contributed by atoms with Gasteiger partial charge in [-0.1, -0.05) is 122 Å². The van der Waals surface area contributed by atoms with Gasteiger partial charge in [0.05, 0.1) is 65.5 Å². The number of rotatable bonds is 10. The predicted molar refractivity (Wildman–Crippen MR) is 458 cm³/mol. The summed E-state index contributed by atoms with van der Waals surface area (Å²) in [4.78, 5) is 62.9. The zero-order valence-corrected chi connectivity index (χ0v) is 76.0. The number of alkyl halides is 8. The van der Waals surface area contributed by atoms with Crippen LogP contribution in [0, 0.1) is 114 Å². The first-order chi connectivity index (χ1) is 56.4. The molecule has 0 aliphatic heterocycles. The number of hydrogen-bond donors (Lipinski definition) is 8. The Labute approximate surface area is 730 Å². The van der Waals surface area contributed by atoms with Crippen molar-refractivity contribution in [1.29, 1.82) is 0 Å². The molecule has 16 aliphatic rings. The van der Waals surface area contributed by atoms with E-state index in [2.05, 4.69) is 22.3 Å². The van der Waals surface area contributed by atoms with Crippen LogP contribution in [0.1, 0.15) is 229 Å². The second-order valence-corrected chi connectivity index (χ2v) is 43.3. The molecule has 18 rings (SSSR count). The molecule has 12 saturated carbocycles. The summed E-state index contributed by atoms with van der Waals surface area (Å²) in [5.74, 6) is -6.92. The van der Waals surface area contributed by atoms with Crippen LogP contribution in [0.25, 0.3) is 12.2 Å². The largest absolute Gasteiger partial charge is 0.390 e. The van der Waals surface area contributed by atoms with Crippen molar-refractivity contribution < 1.29 is 82.4 Å². The normalized spacial score (nSPS) is 49.7. The molecule has 0 saturated heterocycles. The topological polar surface area (TPSA) is 283 Å². The number of hydrogen-bond acceptors (Lipinski definition) is 15. The van der Waals surface area contributed by atoms with E-state index in [1.54, 1.807) is 13.0 Å². The fraction of sp³-hybridized carbons (Fsp3) is 0.740. The van der Waals surface area contributed by atoms with Gasteiger partial charge in [0.1, 0.15) is 33.7 Å². The van der Waals surface area contributed by atoms with Crippen molar-refractivity contribution in [1.82, 2.24) is 19.6 Å². The number of aliphatic hydroxyl groups excluding tert-OH is 4. The minimum Gasteiger partial charge on any atom is -0.390 e. The van der Waals surface area contributed by atoms with E-state index in [1.807, 2.05) is 143 Å². The molecule has 12 fully saturated rings. The molecule has 666 valence electrons. The van der Waals surface area contributed by atoms with E-state index in [0.29, 0.717) is 70.6 Å². The van der Waals surface area contributed by atoms with Crippen LogP contribution >= 0.6 is 46.4 Å². The van der Waals surface area contributed by atoms with Crippen molar-refractivity contribution in [3.63, 3.8) is 0 Å². The monoisotopic (exact) mass is 1760 g/mol. The summed E-state index contributed by atoms with van der Waals surface area (Å²) < 4.78 is 72.7. The number of halogens is 8. The van der Waals surface area contributed by atoms with Crippen LogP contribution < -0.4 is 0 Å². The number of allylic oxidation sites excluding steroid dienone is 12. The van der Waals surface area contributed by atoms with E-state index >= 15 is 17.6 Å². The molecule has 0 unspecified atom stereocenters. The summed E-state index contributed by atoms with van der Waals surface area (Å²) in [6, 6.07) is 0. The molecular formula is C96H128Cl4F4N4O13. The second kappa shape index (κ2) is 30.0. The van der Waals surface area contributed by atoms with Gasteiger partial charge in [-0.25, -0.2) is 17.6 Å². The number of nitrogens with zero attached hydrogens (tertiary/aromatic N) is 4. The van der Waals surface area contributed by atoms with Crippen LogP contribution in [0.3, 0.4) is 0 Å². The summed E-state index contributed by atoms with van der Waals surface area (Å²) >= 11 is 23.5. The number of ketones is 5. The van der Waals surface area contributed by atoms with Crippen molar-refractivity contribution >= 4 is 87.5 Å². The minimum atomic E-state index is -1.95. The highest BCUT2D eigenvalue weighted by Crippen LogP contribution is 2.77. The predicted octanol–water partition coefficient (Wildman–Crippen LogP) is 15.5. The van der Waals surface area contributed by atoms with Gasteiger partial charge in [0.2, 0.25) is 0 Å². The van der Waals surface area contributed by atoms with E-state index < -0.39 is 160 Å². The van der Waals surface area contributed by atoms with Gasteiger partial charge >= 0.3 is 0 Å². The van der Waals surface area contributed by atoms with Crippen LogP contribution in [-0.4, -0.2) is 182 Å². The van der Waals surface area contributed by atoms with E-state index in [4.69, 9.17) is 46.4 Å². The van der Waals surface area contributed by atoms with Crippen LogP contribution in [-0.2, 0) is 49.9 Å². The number of aromatic nitrogens is 4. The summed E-state index contributed by atoms with van der Waals surface area (Å²) in [5.41, 5.74) is -12.4. The number of Topliss-reactive ketones (excluding diaryl/α,β-unsaturated/α-hetero) is 4. The molecule has 2 aromatic rings. The van der Waals surface area contributed by atoms with E-state index in [1.165, 1.54) is 12.2 Å². The fourth-order valence-corrected chi connectivity index (χ4v) is 32.2. The zero-order chi connectivity index (χ0) is 88.6. The lowest BCUT2D eigenvalue weighted by Crippen LogP contribution is -2.70. The number of aliphatic hydroxyl groups is 8. The minimum absolute atomic E-state index is 0.0151. The summed E-state index contributed by atoms with van der Waals surface area (Å²) in [6.45, 7) is 29.9. The first kappa shape index (κ1) is 91.3. The smallest absolute Gasteiger partial charge is 0.179 e. The standard InChI is InChI=1S/2C25H34ClFN2O3.C24H32ClFO3.C22H28ClFO4/c1-5-29-13-15-10-22(3)16(9-19(15)28-29)6-7-17-18-8-14(2)25(32,21(31)12-26)23(18,4)11-20(30)24(17,22)27;1-5-29-19-9-16-6-7-17-18-8-14(2)25(32,21(31)12-26)23(18,4)11-20(30)24(17,27)22(16,3)10-15(19)13-28-29;1-5-15-8-9-21(3)16(11-15)6-7-17-18-10-14(2)24(29,20(28)13-25)22(18,4)12-19(27)23(17,21)26;1-12-8-16-15-5-4-13-9-14(25)6-7-19(13,2)21(15,24)17(26)10-20(16,3)22(12,28)18(27)11-23/h2*9,13-14,17-18,20,30,32H,5-8,10-12H2,1-4H3;5,8-9,11,14,17-19,27,29H,6-7,10,12-13H2,1-4H3;6-7,9,12,15-17,26,28H,4-5,8,10-11H2,1-3H3/b;;15-5+;/t2*14-,17-,18-,20-,22-,23-,24-,25-;14-,17-,18-,19-,21-,22-,23-,24-;12-,15-,16-,17-,19-,20-,21-,22-/m0000/s1.